The van der Waals surface area contributed by atoms with Gasteiger partial charge >= 0.3 is 0 Å². The van der Waals surface area contributed by atoms with Crippen LogP contribution in [-0.2, 0) is 0 Å². The van der Waals surface area contributed by atoms with Gasteiger partial charge in [0, 0.05) is 0 Å². The van der Waals surface area contributed by atoms with Gasteiger partial charge in [0.1, 0.15) is 6.17 Å². The van der Waals surface area contributed by atoms with Gasteiger partial charge in [-0.25, -0.2) is 4.39 Å². The molecule has 1 atom stereocenters. The predicted molar refractivity (Wildman–Crippen MR) is 64.5 cm³/mol. The van der Waals surface area contributed by atoms with Crippen molar-refractivity contribution in [3.05, 3.63) is 0 Å². The lowest BCUT2D eigenvalue weighted by molar-refractivity contribution is 0.244. The van der Waals surface area contributed by atoms with E-state index in [2.05, 4.69) is 13.8 Å². The van der Waals surface area contributed by atoms with Gasteiger partial charge in [0.05, 0.1) is 0 Å². The quantitative estimate of drug-likeness (QED) is 0.523. The topological polar surface area (TPSA) is 0 Å². The summed E-state index contributed by atoms with van der Waals surface area (Å²) in [7, 11) is 0. The van der Waals surface area contributed by atoms with Crippen molar-refractivity contribution in [1.82, 2.24) is 0 Å². The van der Waals surface area contributed by atoms with Crippen molar-refractivity contribution in [3.8, 4) is 0 Å². The minimum Gasteiger partial charge on any atom is -0.247 e. The van der Waals surface area contributed by atoms with Crippen LogP contribution in [0.15, 0.2) is 0 Å². The predicted octanol–water partition coefficient (Wildman–Crippen LogP) is 5.37. The van der Waals surface area contributed by atoms with Gasteiger partial charge in [-0.1, -0.05) is 60.3 Å². The molecule has 0 bridgehead atoms. The molecule has 0 N–H and O–H groups in total. The Kier molecular flexibility index (Phi) is 15.1. The Hall–Kier alpha value is -0.0700. The van der Waals surface area contributed by atoms with Crippen LogP contribution in [0.4, 0.5) is 4.39 Å². The largest absolute Gasteiger partial charge is 0.247 e. The highest BCUT2D eigenvalue weighted by molar-refractivity contribution is 4.63. The SMILES string of the molecule is CC.CCCC(CCC)CC(F)CC. The first kappa shape index (κ1) is 16.4. The molecule has 1 unspecified atom stereocenters. The van der Waals surface area contributed by atoms with Crippen molar-refractivity contribution in [1.29, 1.82) is 0 Å². The molecule has 1 heteroatoms. The number of hydrogen-bond donors (Lipinski definition) is 0. The zero-order valence-corrected chi connectivity index (χ0v) is 10.8. The lowest BCUT2D eigenvalue weighted by Gasteiger charge is -2.16. The monoisotopic (exact) mass is 204 g/mol. The van der Waals surface area contributed by atoms with E-state index in [9.17, 15) is 4.39 Å². The summed E-state index contributed by atoms with van der Waals surface area (Å²) in [6.07, 6.45) is 5.71. The highest BCUT2D eigenvalue weighted by Gasteiger charge is 2.12. The maximum atomic E-state index is 13.0. The molecule has 0 aliphatic heterocycles. The van der Waals surface area contributed by atoms with E-state index in [1.807, 2.05) is 20.8 Å². The zero-order chi connectivity index (χ0) is 11.4. The van der Waals surface area contributed by atoms with Crippen LogP contribution in [-0.4, -0.2) is 6.17 Å². The van der Waals surface area contributed by atoms with Gasteiger partial charge in [-0.3, -0.25) is 0 Å². The molecule has 0 amide bonds. The lowest BCUT2D eigenvalue weighted by atomic mass is 9.92. The molecular formula is C13H29F. The van der Waals surface area contributed by atoms with Crippen LogP contribution in [0.2, 0.25) is 0 Å². The second-order valence-corrected chi connectivity index (χ2v) is 3.68. The fourth-order valence-electron chi connectivity index (χ4n) is 1.72. The maximum Gasteiger partial charge on any atom is 0.100 e. The molecule has 0 fully saturated rings. The van der Waals surface area contributed by atoms with Gasteiger partial charge in [0.15, 0.2) is 0 Å². The normalized spacial score (nSPS) is 12.2. The summed E-state index contributed by atoms with van der Waals surface area (Å²) in [5.74, 6) is 0.634. The van der Waals surface area contributed by atoms with E-state index in [4.69, 9.17) is 0 Å². The molecule has 14 heavy (non-hydrogen) atoms. The summed E-state index contributed by atoms with van der Waals surface area (Å²) in [5, 5.41) is 0. The molecule has 0 saturated heterocycles. The Bertz CT molecular complexity index is 85.2. The van der Waals surface area contributed by atoms with E-state index in [0.717, 1.165) is 6.42 Å². The third-order valence-corrected chi connectivity index (χ3v) is 2.43. The van der Waals surface area contributed by atoms with Crippen molar-refractivity contribution in [2.45, 2.75) is 79.3 Å². The van der Waals surface area contributed by atoms with Gasteiger partial charge in [-0.2, -0.15) is 0 Å². The Labute approximate surface area is 90.3 Å². The van der Waals surface area contributed by atoms with Crippen LogP contribution in [0.1, 0.15) is 73.1 Å². The minimum atomic E-state index is -0.562. The van der Waals surface area contributed by atoms with E-state index >= 15 is 0 Å². The van der Waals surface area contributed by atoms with E-state index in [0.29, 0.717) is 12.3 Å². The van der Waals surface area contributed by atoms with Crippen LogP contribution >= 0.6 is 0 Å². The van der Waals surface area contributed by atoms with E-state index in [1.165, 1.54) is 25.7 Å². The summed E-state index contributed by atoms with van der Waals surface area (Å²) >= 11 is 0. The highest BCUT2D eigenvalue weighted by atomic mass is 19.1. The molecule has 0 spiro atoms. The average molecular weight is 204 g/mol. The standard InChI is InChI=1S/C11H23F.C2H6/c1-4-7-10(8-5-2)9-11(12)6-3;1-2/h10-11H,4-9H2,1-3H3;1-2H3. The second kappa shape index (κ2) is 12.9. The molecule has 0 heterocycles. The summed E-state index contributed by atoms with van der Waals surface area (Å²) in [4.78, 5) is 0. The molecule has 0 aromatic carbocycles. The van der Waals surface area contributed by atoms with Crippen LogP contribution < -0.4 is 0 Å². The molecule has 0 rings (SSSR count). The smallest absolute Gasteiger partial charge is 0.100 e. The molecule has 0 radical (unpaired) electrons. The number of alkyl halides is 1. The Morgan fingerprint density at radius 1 is 0.929 bits per heavy atom. The summed E-state index contributed by atoms with van der Waals surface area (Å²) in [5.41, 5.74) is 0. The number of hydrogen-bond acceptors (Lipinski definition) is 0. The van der Waals surface area contributed by atoms with Gasteiger partial charge in [-0.15, -0.1) is 0 Å². The van der Waals surface area contributed by atoms with Crippen LogP contribution in [0.3, 0.4) is 0 Å². The molecule has 88 valence electrons. The Morgan fingerprint density at radius 3 is 1.64 bits per heavy atom. The van der Waals surface area contributed by atoms with Crippen LogP contribution in [0.25, 0.3) is 0 Å². The second-order valence-electron chi connectivity index (χ2n) is 3.68. The lowest BCUT2D eigenvalue weighted by Crippen LogP contribution is -2.08. The molecule has 0 aliphatic rings. The van der Waals surface area contributed by atoms with Gasteiger partial charge in [0.2, 0.25) is 0 Å². The van der Waals surface area contributed by atoms with Gasteiger partial charge in [-0.05, 0) is 18.8 Å². The molecule has 0 nitrogen and oxygen atoms in total. The molecule has 0 aromatic heterocycles. The summed E-state index contributed by atoms with van der Waals surface area (Å²) in [6.45, 7) is 10.3. The molecule has 0 aliphatic carbocycles. The first-order valence-electron chi connectivity index (χ1n) is 6.38. The molecule has 0 aromatic rings. The van der Waals surface area contributed by atoms with Crippen molar-refractivity contribution in [2.75, 3.05) is 0 Å². The summed E-state index contributed by atoms with van der Waals surface area (Å²) < 4.78 is 13.0. The van der Waals surface area contributed by atoms with E-state index in [-0.39, 0.29) is 0 Å². The van der Waals surface area contributed by atoms with Crippen LogP contribution in [0.5, 0.6) is 0 Å². The van der Waals surface area contributed by atoms with Gasteiger partial charge < -0.3 is 0 Å². The van der Waals surface area contributed by atoms with Gasteiger partial charge in [0.25, 0.3) is 0 Å². The number of rotatable bonds is 7. The highest BCUT2D eigenvalue weighted by Crippen LogP contribution is 2.21. The van der Waals surface area contributed by atoms with Crippen molar-refractivity contribution in [3.63, 3.8) is 0 Å². The van der Waals surface area contributed by atoms with Crippen molar-refractivity contribution >= 4 is 0 Å². The number of halogens is 1. The zero-order valence-electron chi connectivity index (χ0n) is 10.8. The van der Waals surface area contributed by atoms with E-state index < -0.39 is 6.17 Å². The van der Waals surface area contributed by atoms with E-state index in [1.54, 1.807) is 0 Å². The third kappa shape index (κ3) is 10.0. The fourth-order valence-corrected chi connectivity index (χ4v) is 1.72. The van der Waals surface area contributed by atoms with Crippen molar-refractivity contribution < 1.29 is 4.39 Å². The first-order chi connectivity index (χ1) is 6.74. The molecule has 0 saturated carbocycles. The average Bonchev–Trinajstić information content (AvgIpc) is 2.21. The first-order valence-corrected chi connectivity index (χ1v) is 6.38. The fraction of sp³-hybridized carbons (Fsp3) is 1.00. The van der Waals surface area contributed by atoms with Crippen molar-refractivity contribution in [2.24, 2.45) is 5.92 Å². The molecular weight excluding hydrogens is 175 g/mol. The maximum absolute atomic E-state index is 13.0. The minimum absolute atomic E-state index is 0.562. The Morgan fingerprint density at radius 2 is 1.36 bits per heavy atom. The summed E-state index contributed by atoms with van der Waals surface area (Å²) in [6, 6.07) is 0. The Balaban J connectivity index is 0. The van der Waals surface area contributed by atoms with Crippen LogP contribution in [0, 0.1) is 5.92 Å². The third-order valence-electron chi connectivity index (χ3n) is 2.43.